The number of carbonyl (C=O) groups is 3. The molecule has 2 aliphatic rings. The van der Waals surface area contributed by atoms with Crippen LogP contribution in [0.1, 0.15) is 18.4 Å². The van der Waals surface area contributed by atoms with Crippen LogP contribution in [0.15, 0.2) is 24.3 Å². The predicted molar refractivity (Wildman–Crippen MR) is 73.6 cm³/mol. The fourth-order valence-corrected chi connectivity index (χ4v) is 2.57. The molecule has 1 aromatic carbocycles. The van der Waals surface area contributed by atoms with Crippen LogP contribution in [-0.4, -0.2) is 36.4 Å². The van der Waals surface area contributed by atoms with E-state index >= 15 is 0 Å². The van der Waals surface area contributed by atoms with Crippen LogP contribution in [-0.2, 0) is 16.0 Å². The number of barbiturate groups is 1. The Hall–Kier alpha value is -2.37. The molecule has 0 bridgehead atoms. The molecule has 1 aliphatic carbocycles. The number of methoxy groups -OCH3 is 1. The first kappa shape index (κ1) is 13.6. The van der Waals surface area contributed by atoms with E-state index in [1.165, 1.54) is 0 Å². The molecule has 4 amide bonds. The lowest BCUT2D eigenvalue weighted by Gasteiger charge is -2.30. The van der Waals surface area contributed by atoms with Crippen molar-refractivity contribution in [1.82, 2.24) is 10.2 Å². The van der Waals surface area contributed by atoms with Gasteiger partial charge in [0.2, 0.25) is 11.8 Å². The number of urea groups is 1. The molecule has 1 spiro atoms. The summed E-state index contributed by atoms with van der Waals surface area (Å²) in [5.41, 5.74) is -0.000789. The van der Waals surface area contributed by atoms with E-state index in [1.807, 2.05) is 24.3 Å². The first-order chi connectivity index (χ1) is 10.1. The van der Waals surface area contributed by atoms with E-state index in [-0.39, 0.29) is 12.5 Å². The van der Waals surface area contributed by atoms with Crippen LogP contribution in [0.5, 0.6) is 5.75 Å². The molecular formula is C15H16N2O4. The third-order valence-corrected chi connectivity index (χ3v) is 4.06. The topological polar surface area (TPSA) is 75.7 Å². The Bertz CT molecular complexity index is 622. The second-order valence-electron chi connectivity index (χ2n) is 5.40. The van der Waals surface area contributed by atoms with Crippen LogP contribution < -0.4 is 10.1 Å². The van der Waals surface area contributed by atoms with E-state index in [9.17, 15) is 14.4 Å². The van der Waals surface area contributed by atoms with E-state index in [4.69, 9.17) is 4.74 Å². The number of hydrogen-bond acceptors (Lipinski definition) is 4. The molecule has 21 heavy (non-hydrogen) atoms. The average Bonchev–Trinajstić information content (AvgIpc) is 3.27. The molecule has 1 saturated heterocycles. The van der Waals surface area contributed by atoms with Gasteiger partial charge >= 0.3 is 6.03 Å². The molecule has 2 fully saturated rings. The largest absolute Gasteiger partial charge is 0.497 e. The number of nitrogens with one attached hydrogen (secondary N) is 1. The van der Waals surface area contributed by atoms with Gasteiger partial charge in [-0.05, 0) is 37.0 Å². The summed E-state index contributed by atoms with van der Waals surface area (Å²) in [5, 5.41) is 2.27. The smallest absolute Gasteiger partial charge is 0.330 e. The third kappa shape index (κ3) is 2.26. The van der Waals surface area contributed by atoms with Crippen molar-refractivity contribution < 1.29 is 19.1 Å². The summed E-state index contributed by atoms with van der Waals surface area (Å²) in [6, 6.07) is 6.85. The normalized spacial score (nSPS) is 19.7. The molecule has 6 heteroatoms. The van der Waals surface area contributed by atoms with Crippen LogP contribution in [0.25, 0.3) is 0 Å². The maximum atomic E-state index is 12.3. The van der Waals surface area contributed by atoms with Gasteiger partial charge in [0.15, 0.2) is 0 Å². The highest BCUT2D eigenvalue weighted by atomic mass is 16.5. The minimum atomic E-state index is -0.970. The van der Waals surface area contributed by atoms with E-state index in [0.29, 0.717) is 19.3 Å². The molecule has 110 valence electrons. The summed E-state index contributed by atoms with van der Waals surface area (Å²) < 4.78 is 5.14. The number of hydrogen-bond donors (Lipinski definition) is 1. The van der Waals surface area contributed by atoms with Crippen LogP contribution in [0.4, 0.5) is 4.79 Å². The highest BCUT2D eigenvalue weighted by molar-refractivity contribution is 6.20. The minimum absolute atomic E-state index is 0.257. The van der Waals surface area contributed by atoms with Crippen LogP contribution in [0.2, 0.25) is 0 Å². The zero-order valence-corrected chi connectivity index (χ0v) is 11.7. The van der Waals surface area contributed by atoms with Gasteiger partial charge in [-0.3, -0.25) is 19.8 Å². The fourth-order valence-electron chi connectivity index (χ4n) is 2.57. The summed E-state index contributed by atoms with van der Waals surface area (Å²) in [5.74, 6) is -0.0787. The highest BCUT2D eigenvalue weighted by Crippen LogP contribution is 2.48. The van der Waals surface area contributed by atoms with Gasteiger partial charge in [0.1, 0.15) is 11.2 Å². The fraction of sp³-hybridized carbons (Fsp3) is 0.400. The minimum Gasteiger partial charge on any atom is -0.497 e. The SMILES string of the molecule is COc1cccc(CCN2C(=O)NC(=O)C3(CC3)C2=O)c1. The lowest BCUT2D eigenvalue weighted by molar-refractivity contribution is -0.144. The van der Waals surface area contributed by atoms with Crippen molar-refractivity contribution in [3.8, 4) is 5.75 Å². The maximum Gasteiger partial charge on any atom is 0.330 e. The van der Waals surface area contributed by atoms with Gasteiger partial charge < -0.3 is 4.74 Å². The van der Waals surface area contributed by atoms with Crippen LogP contribution >= 0.6 is 0 Å². The Morgan fingerprint density at radius 2 is 2.05 bits per heavy atom. The van der Waals surface area contributed by atoms with Crippen molar-refractivity contribution in [1.29, 1.82) is 0 Å². The summed E-state index contributed by atoms with van der Waals surface area (Å²) in [4.78, 5) is 37.0. The number of imide groups is 2. The average molecular weight is 288 g/mol. The van der Waals surface area contributed by atoms with Crippen molar-refractivity contribution in [3.63, 3.8) is 0 Å². The molecule has 1 aromatic rings. The van der Waals surface area contributed by atoms with Gasteiger partial charge in [0.25, 0.3) is 0 Å². The molecule has 0 unspecified atom stereocenters. The molecule has 1 aliphatic heterocycles. The Morgan fingerprint density at radius 1 is 1.29 bits per heavy atom. The van der Waals surface area contributed by atoms with Gasteiger partial charge in [-0.2, -0.15) is 0 Å². The van der Waals surface area contributed by atoms with E-state index in [1.54, 1.807) is 7.11 Å². The van der Waals surface area contributed by atoms with Gasteiger partial charge in [-0.25, -0.2) is 4.79 Å². The molecule has 1 heterocycles. The van der Waals surface area contributed by atoms with Gasteiger partial charge in [-0.1, -0.05) is 12.1 Å². The first-order valence-corrected chi connectivity index (χ1v) is 6.87. The van der Waals surface area contributed by atoms with Gasteiger partial charge in [0, 0.05) is 6.54 Å². The molecule has 1 N–H and O–H groups in total. The molecule has 6 nitrogen and oxygen atoms in total. The molecule has 1 saturated carbocycles. The second kappa shape index (κ2) is 4.87. The second-order valence-corrected chi connectivity index (χ2v) is 5.40. The predicted octanol–water partition coefficient (Wildman–Crippen LogP) is 1.10. The molecule has 0 atom stereocenters. The monoisotopic (exact) mass is 288 g/mol. The lowest BCUT2D eigenvalue weighted by atomic mass is 10.0. The summed E-state index contributed by atoms with van der Waals surface area (Å²) in [6.45, 7) is 0.257. The summed E-state index contributed by atoms with van der Waals surface area (Å²) in [7, 11) is 1.59. The zero-order chi connectivity index (χ0) is 15.0. The van der Waals surface area contributed by atoms with E-state index < -0.39 is 17.4 Å². The van der Waals surface area contributed by atoms with Crippen molar-refractivity contribution in [2.45, 2.75) is 19.3 Å². The first-order valence-electron chi connectivity index (χ1n) is 6.87. The van der Waals surface area contributed by atoms with Crippen molar-refractivity contribution in [3.05, 3.63) is 29.8 Å². The van der Waals surface area contributed by atoms with E-state index in [0.717, 1.165) is 16.2 Å². The van der Waals surface area contributed by atoms with Gasteiger partial charge in [0.05, 0.1) is 7.11 Å². The number of benzene rings is 1. The van der Waals surface area contributed by atoms with Gasteiger partial charge in [-0.15, -0.1) is 0 Å². The highest BCUT2D eigenvalue weighted by Gasteiger charge is 2.61. The summed E-state index contributed by atoms with van der Waals surface area (Å²) in [6.07, 6.45) is 1.59. The van der Waals surface area contributed by atoms with Crippen molar-refractivity contribution in [2.75, 3.05) is 13.7 Å². The number of nitrogens with zero attached hydrogens (tertiary/aromatic N) is 1. The number of ether oxygens (including phenoxy) is 1. The van der Waals surface area contributed by atoms with Crippen LogP contribution in [0.3, 0.4) is 0 Å². The quantitative estimate of drug-likeness (QED) is 0.842. The zero-order valence-electron chi connectivity index (χ0n) is 11.7. The Kier molecular flexibility index (Phi) is 3.16. The molecular weight excluding hydrogens is 272 g/mol. The van der Waals surface area contributed by atoms with Crippen molar-refractivity contribution in [2.24, 2.45) is 5.41 Å². The Labute approximate surface area is 122 Å². The van der Waals surface area contributed by atoms with Crippen molar-refractivity contribution >= 4 is 17.8 Å². The maximum absolute atomic E-state index is 12.3. The third-order valence-electron chi connectivity index (χ3n) is 4.06. The molecule has 0 radical (unpaired) electrons. The number of amides is 4. The van der Waals surface area contributed by atoms with Crippen LogP contribution in [0, 0.1) is 5.41 Å². The summed E-state index contributed by atoms with van der Waals surface area (Å²) >= 11 is 0. The standard InChI is InChI=1S/C15H16N2O4/c1-21-11-4-2-3-10(9-11)5-8-17-13(19)15(6-7-15)12(18)16-14(17)20/h2-4,9H,5-8H2,1H3,(H,16,18,20). The lowest BCUT2D eigenvalue weighted by Crippen LogP contribution is -2.59. The Balaban J connectivity index is 1.70. The molecule has 0 aromatic heterocycles. The number of rotatable bonds is 4. The van der Waals surface area contributed by atoms with E-state index in [2.05, 4.69) is 5.32 Å². The Morgan fingerprint density at radius 3 is 2.71 bits per heavy atom. The molecule has 3 rings (SSSR count). The number of carbonyl (C=O) groups excluding carboxylic acids is 3.